The predicted molar refractivity (Wildman–Crippen MR) is 64.6 cm³/mol. The van der Waals surface area contributed by atoms with Crippen LogP contribution in [0.25, 0.3) is 6.08 Å². The summed E-state index contributed by atoms with van der Waals surface area (Å²) in [5.41, 5.74) is -0.393. The number of nitrogens with zero attached hydrogens (tertiary/aromatic N) is 1. The van der Waals surface area contributed by atoms with Crippen LogP contribution in [0.1, 0.15) is 12.5 Å². The molecule has 8 heteroatoms. The van der Waals surface area contributed by atoms with Gasteiger partial charge in [-0.05, 0) is 18.2 Å². The first-order chi connectivity index (χ1) is 8.33. The molecular weight excluding hydrogens is 262 g/mol. The summed E-state index contributed by atoms with van der Waals surface area (Å²) in [4.78, 5) is 21.2. The van der Waals surface area contributed by atoms with Gasteiger partial charge in [0, 0.05) is 12.3 Å². The number of esters is 1. The number of nitro benzene ring substituents is 1. The van der Waals surface area contributed by atoms with Crippen LogP contribution < -0.4 is 4.74 Å². The summed E-state index contributed by atoms with van der Waals surface area (Å²) in [5.74, 6) is -0.903. The van der Waals surface area contributed by atoms with E-state index in [4.69, 9.17) is 4.74 Å². The molecule has 1 aromatic carbocycles. The van der Waals surface area contributed by atoms with Gasteiger partial charge >= 0.3 is 11.7 Å². The van der Waals surface area contributed by atoms with E-state index < -0.39 is 27.2 Å². The van der Waals surface area contributed by atoms with Crippen molar-refractivity contribution in [2.24, 2.45) is 0 Å². The highest BCUT2D eigenvalue weighted by atomic mass is 32.3. The Hall–Kier alpha value is -1.90. The first-order valence-electron chi connectivity index (χ1n) is 4.79. The Morgan fingerprint density at radius 1 is 1.44 bits per heavy atom. The summed E-state index contributed by atoms with van der Waals surface area (Å²) in [7, 11) is -3.13. The quantitative estimate of drug-likeness (QED) is 0.370. The highest BCUT2D eigenvalue weighted by Crippen LogP contribution is 2.59. The van der Waals surface area contributed by atoms with Gasteiger partial charge in [0.2, 0.25) is 5.75 Å². The Morgan fingerprint density at radius 3 is 2.67 bits per heavy atom. The number of benzene rings is 1. The standard InChI is InChI=1S/C10H9NO6S/c1-6(12)17-8-2-3-9-7(10(8)11(13)14)4-5-18(9,15)16/h2-5,15-16H,1H3. The van der Waals surface area contributed by atoms with Gasteiger partial charge in [0.05, 0.1) is 15.4 Å². The lowest BCUT2D eigenvalue weighted by molar-refractivity contribution is -0.386. The topological polar surface area (TPSA) is 110 Å². The highest BCUT2D eigenvalue weighted by Gasteiger charge is 2.32. The van der Waals surface area contributed by atoms with Crippen molar-refractivity contribution >= 4 is 28.3 Å². The zero-order valence-corrected chi connectivity index (χ0v) is 10.0. The molecule has 0 fully saturated rings. The Labute approximate surface area is 103 Å². The van der Waals surface area contributed by atoms with Crippen molar-refractivity contribution in [2.75, 3.05) is 0 Å². The molecule has 0 bridgehead atoms. The summed E-state index contributed by atoms with van der Waals surface area (Å²) >= 11 is 0. The molecule has 0 unspecified atom stereocenters. The molecule has 18 heavy (non-hydrogen) atoms. The van der Waals surface area contributed by atoms with Crippen LogP contribution in [0.4, 0.5) is 5.69 Å². The molecule has 7 nitrogen and oxygen atoms in total. The Balaban J connectivity index is 2.65. The Kier molecular flexibility index (Phi) is 2.85. The first kappa shape index (κ1) is 12.6. The van der Waals surface area contributed by atoms with Crippen LogP contribution in [0.5, 0.6) is 5.75 Å². The van der Waals surface area contributed by atoms with E-state index in [-0.39, 0.29) is 16.2 Å². The lowest BCUT2D eigenvalue weighted by Crippen LogP contribution is -2.06. The molecule has 1 aliphatic heterocycles. The third-order valence-corrected chi connectivity index (χ3v) is 3.84. The SMILES string of the molecule is CC(=O)Oc1ccc2c(c1[N+](=O)[O-])C=CS2(O)O. The van der Waals surface area contributed by atoms with Crippen LogP contribution in [0, 0.1) is 10.1 Å². The normalized spacial score (nSPS) is 17.1. The minimum Gasteiger partial charge on any atom is -0.419 e. The minimum absolute atomic E-state index is 0.0544. The molecule has 0 amide bonds. The van der Waals surface area contributed by atoms with Crippen LogP contribution in [0.2, 0.25) is 0 Å². The Morgan fingerprint density at radius 2 is 2.11 bits per heavy atom. The second-order valence-corrected chi connectivity index (χ2v) is 5.47. The number of carbonyl (C=O) groups excluding carboxylic acids is 1. The fraction of sp³-hybridized carbons (Fsp3) is 0.100. The van der Waals surface area contributed by atoms with Crippen molar-refractivity contribution in [1.29, 1.82) is 0 Å². The van der Waals surface area contributed by atoms with Crippen molar-refractivity contribution in [3.05, 3.63) is 33.2 Å². The highest BCUT2D eigenvalue weighted by molar-refractivity contribution is 8.27. The van der Waals surface area contributed by atoms with Crippen molar-refractivity contribution in [3.63, 3.8) is 0 Å². The van der Waals surface area contributed by atoms with Crippen molar-refractivity contribution in [2.45, 2.75) is 11.8 Å². The first-order valence-corrected chi connectivity index (χ1v) is 6.40. The van der Waals surface area contributed by atoms with Gasteiger partial charge in [-0.25, -0.2) is 0 Å². The van der Waals surface area contributed by atoms with E-state index in [2.05, 4.69) is 0 Å². The minimum atomic E-state index is -3.13. The van der Waals surface area contributed by atoms with Gasteiger partial charge in [0.15, 0.2) is 0 Å². The number of ether oxygens (including phenoxy) is 1. The maximum absolute atomic E-state index is 11.0. The monoisotopic (exact) mass is 271 g/mol. The van der Waals surface area contributed by atoms with Crippen LogP contribution in [0.15, 0.2) is 22.4 Å². The number of hydrogen-bond donors (Lipinski definition) is 2. The maximum Gasteiger partial charge on any atom is 0.320 e. The largest absolute Gasteiger partial charge is 0.419 e. The average Bonchev–Trinajstić information content (AvgIpc) is 2.53. The van der Waals surface area contributed by atoms with Gasteiger partial charge in [-0.2, -0.15) is 0 Å². The predicted octanol–water partition coefficient (Wildman–Crippen LogP) is 2.61. The fourth-order valence-electron chi connectivity index (χ4n) is 1.65. The smallest absolute Gasteiger partial charge is 0.320 e. The van der Waals surface area contributed by atoms with E-state index in [0.29, 0.717) is 0 Å². The zero-order chi connectivity index (χ0) is 13.5. The zero-order valence-electron chi connectivity index (χ0n) is 9.19. The summed E-state index contributed by atoms with van der Waals surface area (Å²) in [6.45, 7) is 1.13. The molecule has 1 heterocycles. The fourth-order valence-corrected chi connectivity index (χ4v) is 2.88. The summed E-state index contributed by atoms with van der Waals surface area (Å²) in [5, 5.41) is 12.1. The maximum atomic E-state index is 11.0. The number of nitro groups is 1. The molecule has 1 aliphatic rings. The number of rotatable bonds is 2. The summed E-state index contributed by atoms with van der Waals surface area (Å²) < 4.78 is 24.0. The second kappa shape index (κ2) is 4.09. The van der Waals surface area contributed by atoms with E-state index >= 15 is 0 Å². The molecule has 0 atom stereocenters. The van der Waals surface area contributed by atoms with E-state index in [1.807, 2.05) is 0 Å². The number of fused-ring (bicyclic) bond motifs is 1. The molecule has 0 radical (unpaired) electrons. The van der Waals surface area contributed by atoms with Crippen molar-refractivity contribution in [1.82, 2.24) is 0 Å². The lowest BCUT2D eigenvalue weighted by atomic mass is 10.1. The molecule has 0 spiro atoms. The van der Waals surface area contributed by atoms with Crippen LogP contribution in [-0.4, -0.2) is 20.0 Å². The van der Waals surface area contributed by atoms with E-state index in [1.165, 1.54) is 18.2 Å². The number of hydrogen-bond acceptors (Lipinski definition) is 6. The Bertz CT molecular complexity index is 580. The van der Waals surface area contributed by atoms with Gasteiger partial charge < -0.3 is 4.74 Å². The molecule has 1 aromatic rings. The average molecular weight is 271 g/mol. The van der Waals surface area contributed by atoms with Crippen LogP contribution in [0.3, 0.4) is 0 Å². The van der Waals surface area contributed by atoms with E-state index in [0.717, 1.165) is 12.3 Å². The van der Waals surface area contributed by atoms with Crippen molar-refractivity contribution in [3.8, 4) is 5.75 Å². The van der Waals surface area contributed by atoms with Gasteiger partial charge in [-0.15, -0.1) is 10.6 Å². The molecule has 0 aliphatic carbocycles. The van der Waals surface area contributed by atoms with Gasteiger partial charge in [-0.3, -0.25) is 24.0 Å². The number of carbonyl (C=O) groups is 1. The van der Waals surface area contributed by atoms with Crippen molar-refractivity contribution < 1.29 is 23.6 Å². The van der Waals surface area contributed by atoms with Gasteiger partial charge in [-0.1, -0.05) is 0 Å². The van der Waals surface area contributed by atoms with Crippen LogP contribution in [-0.2, 0) is 4.79 Å². The van der Waals surface area contributed by atoms with E-state index in [1.54, 1.807) is 0 Å². The molecule has 0 saturated heterocycles. The summed E-state index contributed by atoms with van der Waals surface area (Å²) in [6, 6.07) is 2.48. The van der Waals surface area contributed by atoms with Gasteiger partial charge in [0.1, 0.15) is 0 Å². The second-order valence-electron chi connectivity index (χ2n) is 3.57. The molecule has 2 N–H and O–H groups in total. The molecular formula is C10H9NO6S. The molecule has 0 aromatic heterocycles. The molecule has 96 valence electrons. The molecule has 0 saturated carbocycles. The summed E-state index contributed by atoms with van der Waals surface area (Å²) in [6.07, 6.45) is 1.25. The third-order valence-electron chi connectivity index (χ3n) is 2.32. The van der Waals surface area contributed by atoms with E-state index in [9.17, 15) is 24.0 Å². The molecule has 2 rings (SSSR count). The van der Waals surface area contributed by atoms with Gasteiger partial charge in [0.25, 0.3) is 0 Å². The third kappa shape index (κ3) is 1.96. The lowest BCUT2D eigenvalue weighted by Gasteiger charge is -2.25. The van der Waals surface area contributed by atoms with Crippen LogP contribution >= 0.6 is 10.6 Å².